The van der Waals surface area contributed by atoms with E-state index in [1.807, 2.05) is 37.8 Å². The minimum Gasteiger partial charge on any atom is -0.457 e. The third-order valence-corrected chi connectivity index (χ3v) is 31.9. The summed E-state index contributed by atoms with van der Waals surface area (Å²) in [5.74, 6) is -0.272. The molecule has 0 spiro atoms. The maximum atomic E-state index is 14.4. The number of ether oxygens (including phenoxy) is 5. The number of cyclic esters (lactones) is 1. The van der Waals surface area contributed by atoms with Gasteiger partial charge in [0.25, 0.3) is 0 Å². The molecular formula is C58H110N2O10Si3. The third-order valence-electron chi connectivity index (χ3n) is 17.7. The van der Waals surface area contributed by atoms with Gasteiger partial charge < -0.3 is 41.9 Å². The van der Waals surface area contributed by atoms with Crippen molar-refractivity contribution < 1.29 is 46.6 Å². The number of amides is 1. The molecule has 3 aliphatic heterocycles. The molecule has 73 heavy (non-hydrogen) atoms. The van der Waals surface area contributed by atoms with Crippen LogP contribution in [0, 0.1) is 11.8 Å². The number of nitrogens with zero attached hydrogens (tertiary/aromatic N) is 2. The fourth-order valence-electron chi connectivity index (χ4n) is 11.5. The molecule has 0 aliphatic carbocycles. The van der Waals surface area contributed by atoms with Gasteiger partial charge in [-0.3, -0.25) is 9.69 Å². The Kier molecular flexibility index (Phi) is 27.9. The summed E-state index contributed by atoms with van der Waals surface area (Å²) in [6.07, 6.45) is 11.7. The minimum atomic E-state index is -2.16. The summed E-state index contributed by atoms with van der Waals surface area (Å²) < 4.78 is 53.9. The Balaban J connectivity index is 2.09. The molecule has 2 saturated heterocycles. The molecule has 2 fully saturated rings. The third kappa shape index (κ3) is 19.0. The topological polar surface area (TPSA) is 118 Å². The zero-order valence-electron chi connectivity index (χ0n) is 49.9. The van der Waals surface area contributed by atoms with Crippen LogP contribution in [0.4, 0.5) is 4.79 Å². The van der Waals surface area contributed by atoms with Crippen molar-refractivity contribution in [2.75, 3.05) is 46.0 Å². The number of esters is 1. The van der Waals surface area contributed by atoms with Crippen molar-refractivity contribution >= 4 is 37.0 Å². The Morgan fingerprint density at radius 3 is 1.97 bits per heavy atom. The second-order valence-electron chi connectivity index (χ2n) is 22.6. The molecule has 3 aliphatic rings. The number of carbonyl (C=O) groups is 2. The quantitative estimate of drug-likeness (QED) is 0.0171. The highest BCUT2D eigenvalue weighted by molar-refractivity contribution is 6.74. The predicted molar refractivity (Wildman–Crippen MR) is 308 cm³/mol. The lowest BCUT2D eigenvalue weighted by Crippen LogP contribution is -2.53. The molecular weight excluding hydrogens is 969 g/mol. The average Bonchev–Trinajstić information content (AvgIpc) is 4.16. The standard InChI is InChI=1S/C58H110N2O10Si3/c1-19-50(69-72(24-6,25-7)26-8)48(16)55-51(65-55)44-57(17,70-73(27-9,28-10)29-11)35-30-31-46(14)54-47(15)32-33-52(66-56(62)60-39-37-59(38-40-60)45(12)13)58(18,64-42-41-63-20-2)36-34-49(43-53(61)67-54)68-71(21-3,22-4)23-5/h30-33,35,45,47-52,54-55H,19-29,34,36-44H2,1-18H3/b33-32+,35-30+,46-31+. The molecule has 15 heteroatoms. The fraction of sp³-hybridized carbons (Fsp3) is 0.862. The molecule has 12 nitrogen and oxygen atoms in total. The van der Waals surface area contributed by atoms with Crippen LogP contribution in [-0.2, 0) is 41.8 Å². The van der Waals surface area contributed by atoms with Crippen LogP contribution in [0.2, 0.25) is 54.4 Å². The van der Waals surface area contributed by atoms with E-state index in [-0.39, 0.29) is 54.7 Å². The van der Waals surface area contributed by atoms with Crippen molar-refractivity contribution in [1.82, 2.24) is 9.80 Å². The lowest BCUT2D eigenvalue weighted by Gasteiger charge is -2.41. The minimum absolute atomic E-state index is 0.0774. The Morgan fingerprint density at radius 2 is 1.44 bits per heavy atom. The van der Waals surface area contributed by atoms with E-state index < -0.39 is 48.4 Å². The normalized spacial score (nSPS) is 27.5. The van der Waals surface area contributed by atoms with Gasteiger partial charge >= 0.3 is 12.1 Å². The van der Waals surface area contributed by atoms with Crippen LogP contribution < -0.4 is 0 Å². The Labute approximate surface area is 450 Å². The number of carbonyl (C=O) groups excluding carboxylic acids is 2. The number of allylic oxidation sites excluding steroid dienone is 2. The van der Waals surface area contributed by atoms with Gasteiger partial charge in [0, 0.05) is 63.2 Å². The van der Waals surface area contributed by atoms with Crippen LogP contribution in [0.3, 0.4) is 0 Å². The second-order valence-corrected chi connectivity index (χ2v) is 36.7. The van der Waals surface area contributed by atoms with E-state index in [9.17, 15) is 9.59 Å². The summed E-state index contributed by atoms with van der Waals surface area (Å²) in [6.45, 7) is 43.8. The Bertz CT molecular complexity index is 1690. The van der Waals surface area contributed by atoms with Crippen molar-refractivity contribution in [2.24, 2.45) is 11.8 Å². The lowest BCUT2D eigenvalue weighted by molar-refractivity contribution is -0.152. The van der Waals surface area contributed by atoms with Gasteiger partial charge in [-0.1, -0.05) is 107 Å². The molecule has 0 saturated carbocycles. The maximum Gasteiger partial charge on any atom is 0.410 e. The number of piperazine rings is 1. The van der Waals surface area contributed by atoms with Gasteiger partial charge in [0.1, 0.15) is 11.7 Å². The first kappa shape index (κ1) is 65.6. The molecule has 0 bridgehead atoms. The number of epoxide rings is 1. The monoisotopic (exact) mass is 1080 g/mol. The second kappa shape index (κ2) is 31.1. The van der Waals surface area contributed by atoms with E-state index in [1.54, 1.807) is 0 Å². The molecule has 0 aromatic heterocycles. The number of hydrogen-bond acceptors (Lipinski definition) is 11. The zero-order valence-corrected chi connectivity index (χ0v) is 52.9. The molecule has 0 aromatic carbocycles. The molecule has 10 atom stereocenters. The highest BCUT2D eigenvalue weighted by atomic mass is 28.4. The van der Waals surface area contributed by atoms with Crippen LogP contribution in [0.5, 0.6) is 0 Å². The predicted octanol–water partition coefficient (Wildman–Crippen LogP) is 13.9. The van der Waals surface area contributed by atoms with Crippen LogP contribution in [-0.4, -0.2) is 147 Å². The van der Waals surface area contributed by atoms with E-state index in [1.165, 1.54) is 0 Å². The largest absolute Gasteiger partial charge is 0.457 e. The maximum absolute atomic E-state index is 14.4. The number of hydrogen-bond donors (Lipinski definition) is 0. The van der Waals surface area contributed by atoms with Gasteiger partial charge in [-0.2, -0.15) is 0 Å². The summed E-state index contributed by atoms with van der Waals surface area (Å²) in [4.78, 5) is 32.8. The molecule has 424 valence electrons. The SMILES string of the molecule is CCOCCOC1(C)CCC(O[Si](CC)(CC)CC)CC(=O)OC(/C(C)=C/C=C/C(C)(CC2OC2C(C)C(CC)O[Si](CC)(CC)CC)O[Si](CC)(CC)CC)C(C)/C=C/C1OC(=O)N1CCN(C(C)C)CC1. The van der Waals surface area contributed by atoms with Crippen molar-refractivity contribution in [3.05, 3.63) is 36.0 Å². The van der Waals surface area contributed by atoms with Crippen molar-refractivity contribution in [1.29, 1.82) is 0 Å². The number of rotatable bonds is 30. The van der Waals surface area contributed by atoms with Crippen LogP contribution in [0.25, 0.3) is 0 Å². The van der Waals surface area contributed by atoms with Gasteiger partial charge in [0.2, 0.25) is 0 Å². The van der Waals surface area contributed by atoms with E-state index in [2.05, 4.69) is 127 Å². The van der Waals surface area contributed by atoms with Crippen LogP contribution in [0.1, 0.15) is 157 Å². The Morgan fingerprint density at radius 1 is 0.849 bits per heavy atom. The van der Waals surface area contributed by atoms with Gasteiger partial charge in [-0.15, -0.1) is 0 Å². The van der Waals surface area contributed by atoms with E-state index in [4.69, 9.17) is 37.0 Å². The lowest BCUT2D eigenvalue weighted by atomic mass is 9.88. The van der Waals surface area contributed by atoms with Gasteiger partial charge in [0.05, 0.1) is 43.5 Å². The van der Waals surface area contributed by atoms with Crippen molar-refractivity contribution in [3.8, 4) is 0 Å². The van der Waals surface area contributed by atoms with E-state index >= 15 is 0 Å². The smallest absolute Gasteiger partial charge is 0.410 e. The highest BCUT2D eigenvalue weighted by Gasteiger charge is 2.51. The first-order valence-electron chi connectivity index (χ1n) is 29.5. The zero-order chi connectivity index (χ0) is 54.6. The summed E-state index contributed by atoms with van der Waals surface area (Å²) in [7, 11) is -6.01. The first-order chi connectivity index (χ1) is 34.6. The Hall–Kier alpha value is -1.67. The van der Waals surface area contributed by atoms with Gasteiger partial charge in [0.15, 0.2) is 31.1 Å². The van der Waals surface area contributed by atoms with E-state index in [0.29, 0.717) is 51.8 Å². The van der Waals surface area contributed by atoms with Gasteiger partial charge in [-0.05, 0) is 127 Å². The molecule has 0 radical (unpaired) electrons. The molecule has 0 N–H and O–H groups in total. The molecule has 3 rings (SSSR count). The summed E-state index contributed by atoms with van der Waals surface area (Å²) in [5, 5.41) is 0. The molecule has 10 unspecified atom stereocenters. The summed E-state index contributed by atoms with van der Waals surface area (Å²) in [6, 6.07) is 9.81. The van der Waals surface area contributed by atoms with Crippen LogP contribution in [0.15, 0.2) is 36.0 Å². The first-order valence-corrected chi connectivity index (χ1v) is 37.1. The molecule has 3 heterocycles. The van der Waals surface area contributed by atoms with Crippen molar-refractivity contribution in [3.63, 3.8) is 0 Å². The summed E-state index contributed by atoms with van der Waals surface area (Å²) in [5.41, 5.74) is -0.605. The average molecular weight is 1080 g/mol. The van der Waals surface area contributed by atoms with Gasteiger partial charge in [-0.25, -0.2) is 4.79 Å². The summed E-state index contributed by atoms with van der Waals surface area (Å²) >= 11 is 0. The fourth-order valence-corrected chi connectivity index (χ4v) is 20.5. The van der Waals surface area contributed by atoms with Crippen LogP contribution >= 0.6 is 0 Å². The van der Waals surface area contributed by atoms with E-state index in [0.717, 1.165) is 85.9 Å². The van der Waals surface area contributed by atoms with Crippen molar-refractivity contribution in [2.45, 2.75) is 265 Å². The highest BCUT2D eigenvalue weighted by Crippen LogP contribution is 2.43. The molecule has 0 aromatic rings. The molecule has 1 amide bonds.